The van der Waals surface area contributed by atoms with Gasteiger partial charge in [-0.2, -0.15) is 0 Å². The molecule has 20 heavy (non-hydrogen) atoms. The van der Waals surface area contributed by atoms with Crippen LogP contribution in [-0.4, -0.2) is 25.0 Å². The summed E-state index contributed by atoms with van der Waals surface area (Å²) in [5.41, 5.74) is 1.35. The Balaban J connectivity index is 1.64. The predicted molar refractivity (Wildman–Crippen MR) is 73.7 cm³/mol. The molecule has 1 N–H and O–H groups in total. The molecule has 0 aromatic heterocycles. The molecule has 5 heteroatoms. The molecular formula is C15H14N2O3. The summed E-state index contributed by atoms with van der Waals surface area (Å²) in [4.78, 5) is 16.2. The van der Waals surface area contributed by atoms with Gasteiger partial charge in [0.05, 0.1) is 0 Å². The monoisotopic (exact) mass is 270 g/mol. The molecule has 0 unspecified atom stereocenters. The van der Waals surface area contributed by atoms with Gasteiger partial charge in [-0.05, 0) is 36.6 Å². The van der Waals surface area contributed by atoms with Gasteiger partial charge in [0.25, 0.3) is 5.91 Å². The third-order valence-electron chi connectivity index (χ3n) is 3.55. The maximum atomic E-state index is 11.9. The van der Waals surface area contributed by atoms with Crippen molar-refractivity contribution in [3.8, 4) is 11.5 Å². The second-order valence-corrected chi connectivity index (χ2v) is 5.16. The molecule has 1 aromatic rings. The number of hydrogen-bond acceptors (Lipinski definition) is 4. The Morgan fingerprint density at radius 1 is 1.20 bits per heavy atom. The normalized spacial score (nSPS) is 22.7. The van der Waals surface area contributed by atoms with E-state index in [2.05, 4.69) is 10.3 Å². The van der Waals surface area contributed by atoms with Crippen molar-refractivity contribution in [2.24, 2.45) is 10.9 Å². The second-order valence-electron chi connectivity index (χ2n) is 5.16. The van der Waals surface area contributed by atoms with Gasteiger partial charge in [0, 0.05) is 5.92 Å². The molecule has 1 aromatic carbocycles. The van der Waals surface area contributed by atoms with Crippen LogP contribution in [0.5, 0.6) is 11.5 Å². The first-order valence-corrected chi connectivity index (χ1v) is 6.81. The maximum absolute atomic E-state index is 11.9. The van der Waals surface area contributed by atoms with Crippen molar-refractivity contribution >= 4 is 17.8 Å². The summed E-state index contributed by atoms with van der Waals surface area (Å²) in [5, 5.41) is 2.84. The van der Waals surface area contributed by atoms with E-state index in [0.717, 1.165) is 35.7 Å². The smallest absolute Gasteiger partial charge is 0.275 e. The molecule has 5 nitrogen and oxygen atoms in total. The zero-order valence-corrected chi connectivity index (χ0v) is 10.9. The molecule has 102 valence electrons. The minimum Gasteiger partial charge on any atom is -0.486 e. The maximum Gasteiger partial charge on any atom is 0.275 e. The van der Waals surface area contributed by atoms with Crippen LogP contribution in [0.2, 0.25) is 0 Å². The summed E-state index contributed by atoms with van der Waals surface area (Å²) in [6.07, 6.45) is 4.02. The van der Waals surface area contributed by atoms with Gasteiger partial charge in [0.1, 0.15) is 24.7 Å². The summed E-state index contributed by atoms with van der Waals surface area (Å²) >= 11 is 0. The van der Waals surface area contributed by atoms with Gasteiger partial charge in [0.15, 0.2) is 11.5 Å². The number of fused-ring (bicyclic) bond motifs is 1. The average Bonchev–Trinajstić information content (AvgIpc) is 3.25. The van der Waals surface area contributed by atoms with E-state index in [1.165, 1.54) is 0 Å². The Hall–Kier alpha value is -2.30. The van der Waals surface area contributed by atoms with Crippen LogP contribution in [0.4, 0.5) is 0 Å². The molecule has 0 atom stereocenters. The quantitative estimate of drug-likeness (QED) is 0.833. The first-order valence-electron chi connectivity index (χ1n) is 6.81. The van der Waals surface area contributed by atoms with E-state index in [-0.39, 0.29) is 5.91 Å². The highest BCUT2D eigenvalue weighted by molar-refractivity contribution is 6.15. The van der Waals surface area contributed by atoms with Crippen LogP contribution in [0.15, 0.2) is 28.9 Å². The van der Waals surface area contributed by atoms with Gasteiger partial charge in [-0.15, -0.1) is 0 Å². The van der Waals surface area contributed by atoms with Crippen LogP contribution >= 0.6 is 0 Å². The number of ether oxygens (including phenoxy) is 2. The fourth-order valence-corrected chi connectivity index (χ4v) is 2.34. The number of amidine groups is 1. The number of hydrogen-bond donors (Lipinski definition) is 1. The van der Waals surface area contributed by atoms with Crippen LogP contribution in [0.1, 0.15) is 18.4 Å². The lowest BCUT2D eigenvalue weighted by Crippen LogP contribution is -2.25. The van der Waals surface area contributed by atoms with Crippen molar-refractivity contribution in [3.05, 3.63) is 29.5 Å². The SMILES string of the molecule is O=C1NC(C2CC2)=N/C1=C/c1ccc2c(c1)OCCO2. The number of amides is 1. The fraction of sp³-hybridized carbons (Fsp3) is 0.333. The molecule has 0 bridgehead atoms. The lowest BCUT2D eigenvalue weighted by atomic mass is 10.1. The lowest BCUT2D eigenvalue weighted by molar-refractivity contribution is -0.115. The largest absolute Gasteiger partial charge is 0.486 e. The third-order valence-corrected chi connectivity index (χ3v) is 3.55. The molecule has 4 rings (SSSR count). The second kappa shape index (κ2) is 4.37. The van der Waals surface area contributed by atoms with Crippen molar-refractivity contribution < 1.29 is 14.3 Å². The minimum atomic E-state index is -0.123. The van der Waals surface area contributed by atoms with Gasteiger partial charge in [0.2, 0.25) is 0 Å². The number of aliphatic imine (C=N–C) groups is 1. The fourth-order valence-electron chi connectivity index (χ4n) is 2.34. The van der Waals surface area contributed by atoms with E-state index in [1.54, 1.807) is 6.08 Å². The Bertz CT molecular complexity index is 645. The molecule has 3 aliphatic rings. The van der Waals surface area contributed by atoms with E-state index in [0.29, 0.717) is 24.8 Å². The Morgan fingerprint density at radius 3 is 2.80 bits per heavy atom. The minimum absolute atomic E-state index is 0.123. The molecule has 0 radical (unpaired) electrons. The van der Waals surface area contributed by atoms with Gasteiger partial charge < -0.3 is 14.8 Å². The van der Waals surface area contributed by atoms with Crippen LogP contribution in [0.25, 0.3) is 6.08 Å². The molecule has 2 heterocycles. The van der Waals surface area contributed by atoms with E-state index >= 15 is 0 Å². The van der Waals surface area contributed by atoms with Gasteiger partial charge in [-0.25, -0.2) is 4.99 Å². The van der Waals surface area contributed by atoms with E-state index < -0.39 is 0 Å². The van der Waals surface area contributed by atoms with Gasteiger partial charge in [-0.1, -0.05) is 6.07 Å². The van der Waals surface area contributed by atoms with E-state index in [1.807, 2.05) is 18.2 Å². The van der Waals surface area contributed by atoms with Crippen molar-refractivity contribution in [1.82, 2.24) is 5.32 Å². The number of nitrogens with one attached hydrogen (secondary N) is 1. The van der Waals surface area contributed by atoms with Crippen LogP contribution in [0, 0.1) is 5.92 Å². The van der Waals surface area contributed by atoms with E-state index in [4.69, 9.17) is 9.47 Å². The van der Waals surface area contributed by atoms with Gasteiger partial charge >= 0.3 is 0 Å². The third kappa shape index (κ3) is 2.05. The Morgan fingerprint density at radius 2 is 2.00 bits per heavy atom. The first-order chi connectivity index (χ1) is 9.79. The highest BCUT2D eigenvalue weighted by Crippen LogP contribution is 2.33. The molecule has 2 aliphatic heterocycles. The number of rotatable bonds is 2. The summed E-state index contributed by atoms with van der Waals surface area (Å²) < 4.78 is 11.0. The Labute approximate surface area is 116 Å². The number of nitrogens with zero attached hydrogens (tertiary/aromatic N) is 1. The highest BCUT2D eigenvalue weighted by Gasteiger charge is 2.33. The number of benzene rings is 1. The van der Waals surface area contributed by atoms with Crippen molar-refractivity contribution in [2.45, 2.75) is 12.8 Å². The first kappa shape index (κ1) is 11.5. The average molecular weight is 270 g/mol. The van der Waals surface area contributed by atoms with Gasteiger partial charge in [-0.3, -0.25) is 4.79 Å². The number of carbonyl (C=O) groups is 1. The molecule has 0 spiro atoms. The van der Waals surface area contributed by atoms with Crippen molar-refractivity contribution in [2.75, 3.05) is 13.2 Å². The number of carbonyl (C=O) groups excluding carboxylic acids is 1. The lowest BCUT2D eigenvalue weighted by Gasteiger charge is -2.18. The Kier molecular flexibility index (Phi) is 2.52. The summed E-state index contributed by atoms with van der Waals surface area (Å²) in [6.45, 7) is 1.13. The molecular weight excluding hydrogens is 256 g/mol. The standard InChI is InChI=1S/C15H14N2O3/c18-15-11(16-14(17-15)10-2-3-10)7-9-1-4-12-13(8-9)20-6-5-19-12/h1,4,7-8,10H,2-3,5-6H2,(H,16,17,18)/b11-7+. The van der Waals surface area contributed by atoms with Crippen molar-refractivity contribution in [1.29, 1.82) is 0 Å². The summed E-state index contributed by atoms with van der Waals surface area (Å²) in [5.74, 6) is 2.61. The highest BCUT2D eigenvalue weighted by atomic mass is 16.6. The van der Waals surface area contributed by atoms with Crippen LogP contribution < -0.4 is 14.8 Å². The zero-order valence-electron chi connectivity index (χ0n) is 10.9. The van der Waals surface area contributed by atoms with Crippen molar-refractivity contribution in [3.63, 3.8) is 0 Å². The van der Waals surface area contributed by atoms with Crippen LogP contribution in [-0.2, 0) is 4.79 Å². The molecule has 1 saturated carbocycles. The molecule has 0 saturated heterocycles. The molecule has 1 amide bonds. The van der Waals surface area contributed by atoms with E-state index in [9.17, 15) is 4.79 Å². The molecule has 1 fully saturated rings. The summed E-state index contributed by atoms with van der Waals surface area (Å²) in [7, 11) is 0. The zero-order chi connectivity index (χ0) is 13.5. The topological polar surface area (TPSA) is 59.9 Å². The predicted octanol–water partition coefficient (Wildman–Crippen LogP) is 1.74. The summed E-state index contributed by atoms with van der Waals surface area (Å²) in [6, 6.07) is 5.64. The molecule has 1 aliphatic carbocycles. The van der Waals surface area contributed by atoms with Crippen LogP contribution in [0.3, 0.4) is 0 Å².